The molecule has 0 aliphatic carbocycles. The van der Waals surface area contributed by atoms with Crippen molar-refractivity contribution in [1.29, 1.82) is 0 Å². The van der Waals surface area contributed by atoms with E-state index in [0.717, 1.165) is 0 Å². The van der Waals surface area contributed by atoms with Crippen LogP contribution in [-0.2, 0) is 4.79 Å². The van der Waals surface area contributed by atoms with Crippen LogP contribution in [0.3, 0.4) is 0 Å². The van der Waals surface area contributed by atoms with Crippen molar-refractivity contribution in [3.05, 3.63) is 29.8 Å². The smallest absolute Gasteiger partial charge is 0.304 e. The van der Waals surface area contributed by atoms with Gasteiger partial charge in [-0.2, -0.15) is 0 Å². The predicted molar refractivity (Wildman–Crippen MR) is 58.6 cm³/mol. The third kappa shape index (κ3) is 3.97. The number of hydrogen-bond acceptors (Lipinski definition) is 4. The van der Waals surface area contributed by atoms with E-state index in [1.54, 1.807) is 24.3 Å². The molecule has 5 N–H and O–H groups in total. The Labute approximate surface area is 92.4 Å². The molecule has 1 aromatic carbocycles. The first-order valence-corrected chi connectivity index (χ1v) is 4.70. The van der Waals surface area contributed by atoms with Gasteiger partial charge in [0, 0.05) is 17.8 Å². The van der Waals surface area contributed by atoms with Crippen LogP contribution in [0.1, 0.15) is 16.8 Å². The summed E-state index contributed by atoms with van der Waals surface area (Å²) < 4.78 is 0. The number of aliphatic carboxylic acids is 1. The molecule has 1 rings (SSSR count). The van der Waals surface area contributed by atoms with Crippen LogP contribution in [0.5, 0.6) is 0 Å². The van der Waals surface area contributed by atoms with Crippen LogP contribution in [0.15, 0.2) is 24.3 Å². The molecular formula is C10H13N3O3. The normalized spacial score (nSPS) is 9.75. The number of nitrogens with two attached hydrogens (primary N) is 1. The molecule has 0 unspecified atom stereocenters. The number of carbonyl (C=O) groups excluding carboxylic acids is 1. The Bertz CT molecular complexity index is 375. The number of nitrogens with one attached hydrogen (secondary N) is 2. The maximum Gasteiger partial charge on any atom is 0.304 e. The van der Waals surface area contributed by atoms with Gasteiger partial charge in [0.05, 0.1) is 6.42 Å². The molecule has 0 aliphatic rings. The van der Waals surface area contributed by atoms with Crippen LogP contribution < -0.4 is 16.6 Å². The number of benzene rings is 1. The van der Waals surface area contributed by atoms with Crippen molar-refractivity contribution in [2.24, 2.45) is 0 Å². The van der Waals surface area contributed by atoms with Crippen LogP contribution in [0.4, 0.5) is 5.69 Å². The van der Waals surface area contributed by atoms with E-state index >= 15 is 0 Å². The number of nitrogen functional groups attached to an aromatic ring is 1. The number of amides is 1. The van der Waals surface area contributed by atoms with Crippen molar-refractivity contribution in [1.82, 2.24) is 10.9 Å². The van der Waals surface area contributed by atoms with Gasteiger partial charge in [0.25, 0.3) is 5.91 Å². The SMILES string of the molecule is Nc1ccc(C(=O)NNCCC(=O)O)cc1. The van der Waals surface area contributed by atoms with Gasteiger partial charge >= 0.3 is 5.97 Å². The predicted octanol–water partition coefficient (Wildman–Crippen LogP) is -0.0221. The van der Waals surface area contributed by atoms with E-state index < -0.39 is 5.97 Å². The summed E-state index contributed by atoms with van der Waals surface area (Å²) in [5.74, 6) is -1.25. The standard InChI is InChI=1S/C10H13N3O3/c11-8-3-1-7(2-4-8)10(16)13-12-6-5-9(14)15/h1-4,12H,5-6,11H2,(H,13,16)(H,14,15). The van der Waals surface area contributed by atoms with Crippen molar-refractivity contribution >= 4 is 17.6 Å². The van der Waals surface area contributed by atoms with Crippen molar-refractivity contribution in [3.8, 4) is 0 Å². The molecule has 86 valence electrons. The lowest BCUT2D eigenvalue weighted by atomic mass is 10.2. The molecule has 0 aliphatic heterocycles. The highest BCUT2D eigenvalue weighted by Gasteiger charge is 2.04. The van der Waals surface area contributed by atoms with Crippen molar-refractivity contribution in [2.75, 3.05) is 12.3 Å². The van der Waals surface area contributed by atoms with E-state index in [-0.39, 0.29) is 18.9 Å². The lowest BCUT2D eigenvalue weighted by Crippen LogP contribution is -2.38. The molecule has 0 fully saturated rings. The quantitative estimate of drug-likeness (QED) is 0.319. The minimum Gasteiger partial charge on any atom is -0.481 e. The number of rotatable bonds is 5. The molecule has 0 heterocycles. The first-order chi connectivity index (χ1) is 7.59. The van der Waals surface area contributed by atoms with E-state index in [2.05, 4.69) is 10.9 Å². The maximum atomic E-state index is 11.4. The lowest BCUT2D eigenvalue weighted by Gasteiger charge is -2.05. The van der Waals surface area contributed by atoms with Gasteiger partial charge in [0.15, 0.2) is 0 Å². The van der Waals surface area contributed by atoms with E-state index in [1.165, 1.54) is 0 Å². The van der Waals surface area contributed by atoms with Crippen LogP contribution in [0, 0.1) is 0 Å². The molecule has 0 radical (unpaired) electrons. The maximum absolute atomic E-state index is 11.4. The minimum atomic E-state index is -0.922. The van der Waals surface area contributed by atoms with Gasteiger partial charge in [-0.1, -0.05) is 0 Å². The largest absolute Gasteiger partial charge is 0.481 e. The number of carbonyl (C=O) groups is 2. The van der Waals surface area contributed by atoms with Gasteiger partial charge in [0.2, 0.25) is 0 Å². The Hall–Kier alpha value is -2.08. The van der Waals surface area contributed by atoms with Crippen molar-refractivity contribution in [2.45, 2.75) is 6.42 Å². The zero-order chi connectivity index (χ0) is 12.0. The third-order valence-electron chi connectivity index (χ3n) is 1.84. The lowest BCUT2D eigenvalue weighted by molar-refractivity contribution is -0.136. The van der Waals surface area contributed by atoms with Crippen LogP contribution in [0.25, 0.3) is 0 Å². The van der Waals surface area contributed by atoms with Crippen LogP contribution in [0.2, 0.25) is 0 Å². The summed E-state index contributed by atoms with van der Waals surface area (Å²) in [5.41, 5.74) is 11.4. The number of carboxylic acids is 1. The summed E-state index contributed by atoms with van der Waals surface area (Å²) >= 11 is 0. The molecule has 0 spiro atoms. The van der Waals surface area contributed by atoms with Crippen LogP contribution in [-0.4, -0.2) is 23.5 Å². The molecule has 0 bridgehead atoms. The highest BCUT2D eigenvalue weighted by molar-refractivity contribution is 5.94. The van der Waals surface area contributed by atoms with Gasteiger partial charge in [-0.05, 0) is 24.3 Å². The molecule has 6 nitrogen and oxygen atoms in total. The summed E-state index contributed by atoms with van der Waals surface area (Å²) in [6.07, 6.45) is -0.0536. The topological polar surface area (TPSA) is 104 Å². The monoisotopic (exact) mass is 223 g/mol. The molecule has 6 heteroatoms. The molecule has 0 aromatic heterocycles. The minimum absolute atomic E-state index is 0.0536. The van der Waals surface area contributed by atoms with E-state index in [0.29, 0.717) is 11.3 Å². The second-order valence-corrected chi connectivity index (χ2v) is 3.15. The number of anilines is 1. The molecular weight excluding hydrogens is 210 g/mol. The van der Waals surface area contributed by atoms with Gasteiger partial charge in [-0.25, -0.2) is 5.43 Å². The fraction of sp³-hybridized carbons (Fsp3) is 0.200. The first-order valence-electron chi connectivity index (χ1n) is 4.70. The Kier molecular flexibility index (Phi) is 4.28. The molecule has 0 saturated carbocycles. The second kappa shape index (κ2) is 5.72. The molecule has 1 amide bonds. The van der Waals surface area contributed by atoms with Gasteiger partial charge in [-0.15, -0.1) is 0 Å². The Morgan fingerprint density at radius 2 is 1.88 bits per heavy atom. The van der Waals surface area contributed by atoms with Gasteiger partial charge in [0.1, 0.15) is 0 Å². The number of hydrazine groups is 1. The fourth-order valence-corrected chi connectivity index (χ4v) is 1.02. The Balaban J connectivity index is 2.35. The zero-order valence-corrected chi connectivity index (χ0v) is 8.56. The van der Waals surface area contributed by atoms with Gasteiger partial charge in [-0.3, -0.25) is 15.0 Å². The highest BCUT2D eigenvalue weighted by atomic mass is 16.4. The molecule has 16 heavy (non-hydrogen) atoms. The second-order valence-electron chi connectivity index (χ2n) is 3.15. The number of hydrogen-bond donors (Lipinski definition) is 4. The highest BCUT2D eigenvalue weighted by Crippen LogP contribution is 2.04. The summed E-state index contributed by atoms with van der Waals surface area (Å²) in [7, 11) is 0. The van der Waals surface area contributed by atoms with Crippen molar-refractivity contribution in [3.63, 3.8) is 0 Å². The average Bonchev–Trinajstić information content (AvgIpc) is 2.25. The van der Waals surface area contributed by atoms with E-state index in [1.807, 2.05) is 0 Å². The molecule has 0 atom stereocenters. The van der Waals surface area contributed by atoms with E-state index in [4.69, 9.17) is 10.8 Å². The Morgan fingerprint density at radius 1 is 1.25 bits per heavy atom. The van der Waals surface area contributed by atoms with Gasteiger partial charge < -0.3 is 10.8 Å². The summed E-state index contributed by atoms with van der Waals surface area (Å²) in [6.45, 7) is 0.177. The third-order valence-corrected chi connectivity index (χ3v) is 1.84. The Morgan fingerprint density at radius 3 is 2.44 bits per heavy atom. The summed E-state index contributed by atoms with van der Waals surface area (Å²) in [5, 5.41) is 8.36. The first kappa shape index (κ1) is 12.0. The number of carboxylic acid groups (broad SMARTS) is 1. The fourth-order valence-electron chi connectivity index (χ4n) is 1.02. The van der Waals surface area contributed by atoms with E-state index in [9.17, 15) is 9.59 Å². The molecule has 1 aromatic rings. The zero-order valence-electron chi connectivity index (χ0n) is 8.56. The average molecular weight is 223 g/mol. The summed E-state index contributed by atoms with van der Waals surface area (Å²) in [6, 6.07) is 6.41. The summed E-state index contributed by atoms with van der Waals surface area (Å²) in [4.78, 5) is 21.6. The van der Waals surface area contributed by atoms with Crippen LogP contribution >= 0.6 is 0 Å². The molecule has 0 saturated heterocycles. The van der Waals surface area contributed by atoms with Crippen molar-refractivity contribution < 1.29 is 14.7 Å².